The normalized spacial score (nSPS) is 17.2. The molecular weight excluding hydrogens is 432 g/mol. The van der Waals surface area contributed by atoms with Crippen LogP contribution in [0.15, 0.2) is 64.7 Å². The predicted molar refractivity (Wildman–Crippen MR) is 129 cm³/mol. The fraction of sp³-hybridized carbons (Fsp3) is 0.192. The second-order valence-electron chi connectivity index (χ2n) is 8.76. The van der Waals surface area contributed by atoms with Gasteiger partial charge >= 0.3 is 0 Å². The zero-order chi connectivity index (χ0) is 23.7. The molecule has 0 radical (unpaired) electrons. The Hall–Kier alpha value is -4.33. The van der Waals surface area contributed by atoms with Crippen LogP contribution in [0.4, 0.5) is 5.69 Å². The van der Waals surface area contributed by atoms with Crippen molar-refractivity contribution in [3.05, 3.63) is 81.4 Å². The van der Waals surface area contributed by atoms with E-state index in [1.54, 1.807) is 19.2 Å². The minimum absolute atomic E-state index is 0.145. The third-order valence-electron chi connectivity index (χ3n) is 6.82. The number of nitrogens with zero attached hydrogens (tertiary/aromatic N) is 2. The topological polar surface area (TPSA) is 96.4 Å². The molecule has 4 aromatic rings. The van der Waals surface area contributed by atoms with Gasteiger partial charge in [-0.1, -0.05) is 6.07 Å². The average Bonchev–Trinajstić information content (AvgIpc) is 3.27. The van der Waals surface area contributed by atoms with Crippen molar-refractivity contribution in [3.8, 4) is 5.75 Å². The molecule has 0 fully saturated rings. The lowest BCUT2D eigenvalue weighted by Crippen LogP contribution is -2.33. The Labute approximate surface area is 194 Å². The van der Waals surface area contributed by atoms with Gasteiger partial charge in [-0.2, -0.15) is 0 Å². The van der Waals surface area contributed by atoms with E-state index in [-0.39, 0.29) is 23.9 Å². The molecule has 170 valence electrons. The van der Waals surface area contributed by atoms with E-state index in [1.165, 1.54) is 11.8 Å². The summed E-state index contributed by atoms with van der Waals surface area (Å²) in [6.07, 6.45) is 1.97. The van der Waals surface area contributed by atoms with E-state index in [0.717, 1.165) is 27.5 Å². The van der Waals surface area contributed by atoms with Crippen molar-refractivity contribution in [2.24, 2.45) is 7.05 Å². The Morgan fingerprint density at radius 1 is 1.12 bits per heavy atom. The van der Waals surface area contributed by atoms with Crippen molar-refractivity contribution < 1.29 is 14.3 Å². The lowest BCUT2D eigenvalue weighted by molar-refractivity contribution is -0.139. The highest BCUT2D eigenvalue weighted by atomic mass is 16.5. The standard InChI is InChI=1S/C26H22N4O4/c1-13(31)30-12-20-24(26(30)33)22(17-11-29(2)21-6-4-5-19(27-20)23(17)21)16-10-14-9-15(34-3)7-8-18(14)28-25(16)32/h4-11,22,27H,12H2,1-3H3,(H,28,32)/t22-/m0/s1. The Morgan fingerprint density at radius 3 is 2.71 bits per heavy atom. The third kappa shape index (κ3) is 2.75. The van der Waals surface area contributed by atoms with Crippen molar-refractivity contribution >= 4 is 39.3 Å². The molecule has 8 heteroatoms. The highest BCUT2D eigenvalue weighted by Gasteiger charge is 2.42. The van der Waals surface area contributed by atoms with Crippen molar-refractivity contribution in [2.75, 3.05) is 19.0 Å². The van der Waals surface area contributed by atoms with Crippen LogP contribution in [0.25, 0.3) is 21.8 Å². The summed E-state index contributed by atoms with van der Waals surface area (Å²) in [6, 6.07) is 13.2. The summed E-state index contributed by atoms with van der Waals surface area (Å²) in [6.45, 7) is 1.52. The first kappa shape index (κ1) is 20.3. The number of hydrogen-bond donors (Lipinski definition) is 2. The van der Waals surface area contributed by atoms with Gasteiger partial charge in [-0.05, 0) is 42.0 Å². The number of aromatic amines is 1. The molecule has 0 saturated heterocycles. The molecule has 8 nitrogen and oxygen atoms in total. The van der Waals surface area contributed by atoms with Crippen LogP contribution in [0.1, 0.15) is 24.0 Å². The lowest BCUT2D eigenvalue weighted by Gasteiger charge is -2.19. The molecule has 0 saturated carbocycles. The maximum Gasteiger partial charge on any atom is 0.259 e. The first-order valence-corrected chi connectivity index (χ1v) is 11.0. The molecule has 0 bridgehead atoms. The number of H-pyrrole nitrogens is 1. The number of methoxy groups -OCH3 is 1. The highest BCUT2D eigenvalue weighted by Crippen LogP contribution is 2.45. The van der Waals surface area contributed by atoms with E-state index >= 15 is 0 Å². The molecule has 2 aliphatic heterocycles. The quantitative estimate of drug-likeness (QED) is 0.485. The number of imide groups is 1. The van der Waals surface area contributed by atoms with Crippen LogP contribution in [0, 0.1) is 0 Å². The van der Waals surface area contributed by atoms with Gasteiger partial charge in [0.2, 0.25) is 5.91 Å². The molecule has 2 aromatic heterocycles. The Bertz CT molecular complexity index is 1640. The molecule has 34 heavy (non-hydrogen) atoms. The fourth-order valence-corrected chi connectivity index (χ4v) is 5.24. The summed E-state index contributed by atoms with van der Waals surface area (Å²) >= 11 is 0. The Kier molecular flexibility index (Phi) is 4.23. The van der Waals surface area contributed by atoms with Crippen LogP contribution in [0.3, 0.4) is 0 Å². The summed E-state index contributed by atoms with van der Waals surface area (Å²) < 4.78 is 7.36. The largest absolute Gasteiger partial charge is 0.497 e. The number of carbonyl (C=O) groups excluding carboxylic acids is 2. The van der Waals surface area contributed by atoms with Gasteiger partial charge in [-0.25, -0.2) is 0 Å². The SMILES string of the molecule is COc1ccc2[nH]c(=O)c([C@@H]3C4=C(CN(C(C)=O)C4=O)Nc4cccc5c4c3cn5C)cc2c1. The van der Waals surface area contributed by atoms with Gasteiger partial charge in [0.25, 0.3) is 11.5 Å². The Morgan fingerprint density at radius 2 is 1.94 bits per heavy atom. The number of fused-ring (bicyclic) bond motifs is 1. The van der Waals surface area contributed by atoms with E-state index < -0.39 is 5.92 Å². The van der Waals surface area contributed by atoms with Crippen molar-refractivity contribution in [1.29, 1.82) is 0 Å². The average molecular weight is 454 g/mol. The summed E-state index contributed by atoms with van der Waals surface area (Å²) in [5.41, 5.74) is 4.58. The molecule has 2 amide bonds. The number of aryl methyl sites for hydroxylation is 1. The van der Waals surface area contributed by atoms with Crippen molar-refractivity contribution in [1.82, 2.24) is 14.5 Å². The second-order valence-corrected chi connectivity index (χ2v) is 8.76. The second kappa shape index (κ2) is 7.08. The minimum Gasteiger partial charge on any atom is -0.497 e. The van der Waals surface area contributed by atoms with Crippen molar-refractivity contribution in [2.45, 2.75) is 12.8 Å². The number of aromatic nitrogens is 2. The van der Waals surface area contributed by atoms with E-state index in [2.05, 4.69) is 10.3 Å². The molecule has 2 N–H and O–H groups in total. The number of hydrogen-bond acceptors (Lipinski definition) is 5. The molecule has 6 rings (SSSR count). The molecule has 2 aliphatic rings. The van der Waals surface area contributed by atoms with Gasteiger partial charge in [0.05, 0.1) is 24.7 Å². The minimum atomic E-state index is -0.647. The number of anilines is 1. The van der Waals surface area contributed by atoms with Crippen LogP contribution in [-0.2, 0) is 16.6 Å². The number of pyridine rings is 1. The van der Waals surface area contributed by atoms with Gasteiger partial charge in [0, 0.05) is 59.3 Å². The maximum atomic E-state index is 13.5. The van der Waals surface area contributed by atoms with Crippen LogP contribution in [-0.4, -0.2) is 39.9 Å². The van der Waals surface area contributed by atoms with Gasteiger partial charge in [0.15, 0.2) is 0 Å². The highest BCUT2D eigenvalue weighted by molar-refractivity contribution is 6.11. The molecule has 0 aliphatic carbocycles. The number of ether oxygens (including phenoxy) is 1. The number of amides is 2. The molecular formula is C26H22N4O4. The molecule has 0 spiro atoms. The van der Waals surface area contributed by atoms with Crippen LogP contribution in [0.5, 0.6) is 5.75 Å². The van der Waals surface area contributed by atoms with Gasteiger partial charge in [0.1, 0.15) is 5.75 Å². The first-order chi connectivity index (χ1) is 16.4. The monoisotopic (exact) mass is 454 g/mol. The van der Waals surface area contributed by atoms with Gasteiger partial charge in [-0.15, -0.1) is 0 Å². The summed E-state index contributed by atoms with van der Waals surface area (Å²) in [5.74, 6) is -0.691. The van der Waals surface area contributed by atoms with Crippen LogP contribution in [0.2, 0.25) is 0 Å². The van der Waals surface area contributed by atoms with E-state index in [1.807, 2.05) is 48.1 Å². The van der Waals surface area contributed by atoms with Crippen molar-refractivity contribution in [3.63, 3.8) is 0 Å². The van der Waals surface area contributed by atoms with E-state index in [4.69, 9.17) is 4.74 Å². The Balaban J connectivity index is 1.68. The summed E-state index contributed by atoms with van der Waals surface area (Å²) in [7, 11) is 3.53. The van der Waals surface area contributed by atoms with Gasteiger partial charge < -0.3 is 19.6 Å². The molecule has 0 unspecified atom stereocenters. The number of rotatable bonds is 2. The maximum absolute atomic E-state index is 13.5. The summed E-state index contributed by atoms with van der Waals surface area (Å²) in [4.78, 5) is 43.4. The predicted octanol–water partition coefficient (Wildman–Crippen LogP) is 3.23. The first-order valence-electron chi connectivity index (χ1n) is 11.0. The molecule has 1 atom stereocenters. The van der Waals surface area contributed by atoms with E-state index in [0.29, 0.717) is 28.1 Å². The van der Waals surface area contributed by atoms with E-state index in [9.17, 15) is 14.4 Å². The number of nitrogens with one attached hydrogen (secondary N) is 2. The number of carbonyl (C=O) groups is 2. The smallest absolute Gasteiger partial charge is 0.259 e. The fourth-order valence-electron chi connectivity index (χ4n) is 5.24. The van der Waals surface area contributed by atoms with Gasteiger partial charge in [-0.3, -0.25) is 19.3 Å². The third-order valence-corrected chi connectivity index (χ3v) is 6.82. The van der Waals surface area contributed by atoms with Crippen LogP contribution >= 0.6 is 0 Å². The lowest BCUT2D eigenvalue weighted by atomic mass is 9.84. The molecule has 2 aromatic carbocycles. The zero-order valence-electron chi connectivity index (χ0n) is 18.9. The number of benzene rings is 2. The molecule has 4 heterocycles. The van der Waals surface area contributed by atoms with Crippen LogP contribution < -0.4 is 15.6 Å². The zero-order valence-corrected chi connectivity index (χ0v) is 18.9. The summed E-state index contributed by atoms with van der Waals surface area (Å²) in [5, 5.41) is 5.16.